The van der Waals surface area contributed by atoms with Crippen molar-refractivity contribution in [2.24, 2.45) is 7.05 Å². The van der Waals surface area contributed by atoms with Crippen LogP contribution in [0.1, 0.15) is 35.8 Å². The van der Waals surface area contributed by atoms with Gasteiger partial charge in [-0.3, -0.25) is 4.79 Å². The molecule has 1 aliphatic heterocycles. The Balaban J connectivity index is 1.47. The molecule has 0 unspecified atom stereocenters. The van der Waals surface area contributed by atoms with E-state index >= 15 is 0 Å². The Kier molecular flexibility index (Phi) is 4.49. The van der Waals surface area contributed by atoms with Gasteiger partial charge in [-0.2, -0.15) is 0 Å². The van der Waals surface area contributed by atoms with E-state index in [1.165, 1.54) is 10.8 Å². The molecule has 2 heterocycles. The van der Waals surface area contributed by atoms with E-state index in [0.29, 0.717) is 12.3 Å². The quantitative estimate of drug-likeness (QED) is 0.722. The van der Waals surface area contributed by atoms with E-state index < -0.39 is 0 Å². The fraction of sp³-hybridized carbons (Fsp3) is 0.364. The third-order valence-electron chi connectivity index (χ3n) is 5.34. The van der Waals surface area contributed by atoms with Crippen molar-refractivity contribution < 1.29 is 4.79 Å². The van der Waals surface area contributed by atoms with E-state index in [1.54, 1.807) is 0 Å². The first kappa shape index (κ1) is 16.8. The van der Waals surface area contributed by atoms with Crippen LogP contribution < -0.4 is 0 Å². The summed E-state index contributed by atoms with van der Waals surface area (Å²) >= 11 is 0. The summed E-state index contributed by atoms with van der Waals surface area (Å²) in [5, 5.41) is 2.41. The molecule has 1 amide bonds. The lowest BCUT2D eigenvalue weighted by atomic mass is 9.96. The number of aryl methyl sites for hydroxylation is 2. The van der Waals surface area contributed by atoms with Gasteiger partial charge in [0.2, 0.25) is 5.91 Å². The van der Waals surface area contributed by atoms with Gasteiger partial charge in [0.15, 0.2) is 0 Å². The van der Waals surface area contributed by atoms with Gasteiger partial charge in [-0.05, 0) is 36.1 Å². The van der Waals surface area contributed by atoms with Crippen LogP contribution in [0.15, 0.2) is 48.7 Å². The molecule has 1 aromatic heterocycles. The number of piperidine rings is 1. The maximum Gasteiger partial charge on any atom is 0.227 e. The number of nitrogens with zero attached hydrogens (tertiary/aromatic N) is 3. The van der Waals surface area contributed by atoms with Crippen molar-refractivity contribution in [3.63, 3.8) is 0 Å². The molecule has 0 N–H and O–H groups in total. The van der Waals surface area contributed by atoms with Crippen LogP contribution in [0, 0.1) is 6.92 Å². The molecule has 1 aliphatic rings. The number of hydrogen-bond donors (Lipinski definition) is 0. The van der Waals surface area contributed by atoms with Crippen LogP contribution in [-0.2, 0) is 18.3 Å². The number of amides is 1. The van der Waals surface area contributed by atoms with Crippen LogP contribution in [0.2, 0.25) is 0 Å². The molecule has 1 saturated heterocycles. The number of rotatable bonds is 3. The average molecular weight is 347 g/mol. The Labute approximate surface area is 154 Å². The van der Waals surface area contributed by atoms with Gasteiger partial charge in [-0.25, -0.2) is 4.98 Å². The minimum Gasteiger partial charge on any atom is -0.342 e. The van der Waals surface area contributed by atoms with E-state index in [2.05, 4.69) is 46.1 Å². The maximum atomic E-state index is 12.9. The summed E-state index contributed by atoms with van der Waals surface area (Å²) in [5.74, 6) is 1.66. The number of hydrogen-bond acceptors (Lipinski definition) is 2. The van der Waals surface area contributed by atoms with E-state index in [9.17, 15) is 4.79 Å². The van der Waals surface area contributed by atoms with Crippen molar-refractivity contribution in [2.45, 2.75) is 32.1 Å². The standard InChI is InChI=1S/C22H25N3O/c1-16-14-24(2)22(23-16)20-8-5-11-25(15-20)21(26)13-17-9-10-18-6-3-4-7-19(18)12-17/h3-4,6-7,9-10,12,14,20H,5,8,11,13,15H2,1-2H3/t20-/m0/s1. The molecule has 0 saturated carbocycles. The predicted molar refractivity (Wildman–Crippen MR) is 104 cm³/mol. The molecule has 134 valence electrons. The Bertz CT molecular complexity index is 943. The number of aromatic nitrogens is 2. The molecule has 1 atom stereocenters. The molecule has 4 rings (SSSR count). The molecule has 4 nitrogen and oxygen atoms in total. The fourth-order valence-electron chi connectivity index (χ4n) is 4.06. The smallest absolute Gasteiger partial charge is 0.227 e. The van der Waals surface area contributed by atoms with Crippen molar-refractivity contribution in [2.75, 3.05) is 13.1 Å². The van der Waals surface area contributed by atoms with Gasteiger partial charge in [0, 0.05) is 32.3 Å². The van der Waals surface area contributed by atoms with Gasteiger partial charge in [0.25, 0.3) is 0 Å². The molecular weight excluding hydrogens is 322 g/mol. The molecule has 0 spiro atoms. The third kappa shape index (κ3) is 3.36. The Hall–Kier alpha value is -2.62. The lowest BCUT2D eigenvalue weighted by molar-refractivity contribution is -0.131. The predicted octanol–water partition coefficient (Wildman–Crippen LogP) is 3.83. The Morgan fingerprint density at radius 2 is 2.00 bits per heavy atom. The van der Waals surface area contributed by atoms with Crippen LogP contribution in [0.25, 0.3) is 10.8 Å². The highest BCUT2D eigenvalue weighted by Gasteiger charge is 2.27. The topological polar surface area (TPSA) is 38.1 Å². The minimum absolute atomic E-state index is 0.218. The first-order valence-corrected chi connectivity index (χ1v) is 9.35. The molecule has 0 bridgehead atoms. The number of imidazole rings is 1. The normalized spacial score (nSPS) is 17.6. The average Bonchev–Trinajstić information content (AvgIpc) is 3.00. The summed E-state index contributed by atoms with van der Waals surface area (Å²) in [6.45, 7) is 3.65. The molecule has 26 heavy (non-hydrogen) atoms. The molecule has 0 radical (unpaired) electrons. The second kappa shape index (κ2) is 6.94. The highest BCUT2D eigenvalue weighted by Crippen LogP contribution is 2.26. The van der Waals surface area contributed by atoms with E-state index in [0.717, 1.165) is 43.0 Å². The lowest BCUT2D eigenvalue weighted by Crippen LogP contribution is -2.40. The van der Waals surface area contributed by atoms with Crippen molar-refractivity contribution in [3.05, 3.63) is 65.7 Å². The van der Waals surface area contributed by atoms with Gasteiger partial charge in [0.05, 0.1) is 12.1 Å². The van der Waals surface area contributed by atoms with Gasteiger partial charge in [0.1, 0.15) is 5.82 Å². The van der Waals surface area contributed by atoms with Gasteiger partial charge >= 0.3 is 0 Å². The maximum absolute atomic E-state index is 12.9. The highest BCUT2D eigenvalue weighted by molar-refractivity contribution is 5.85. The fourth-order valence-corrected chi connectivity index (χ4v) is 4.06. The Morgan fingerprint density at radius 3 is 2.77 bits per heavy atom. The summed E-state index contributed by atoms with van der Waals surface area (Å²) in [6, 6.07) is 14.6. The summed E-state index contributed by atoms with van der Waals surface area (Å²) in [4.78, 5) is 19.6. The second-order valence-corrected chi connectivity index (χ2v) is 7.39. The van der Waals surface area contributed by atoms with Crippen molar-refractivity contribution >= 4 is 16.7 Å². The van der Waals surface area contributed by atoms with E-state index in [-0.39, 0.29) is 5.91 Å². The van der Waals surface area contributed by atoms with Gasteiger partial charge < -0.3 is 9.47 Å². The van der Waals surface area contributed by atoms with E-state index in [4.69, 9.17) is 0 Å². The summed E-state index contributed by atoms with van der Waals surface area (Å²) in [5.41, 5.74) is 2.13. The summed E-state index contributed by atoms with van der Waals surface area (Å²) in [7, 11) is 2.05. The minimum atomic E-state index is 0.218. The lowest BCUT2D eigenvalue weighted by Gasteiger charge is -2.32. The van der Waals surface area contributed by atoms with Crippen LogP contribution in [0.4, 0.5) is 0 Å². The monoisotopic (exact) mass is 347 g/mol. The zero-order chi connectivity index (χ0) is 18.1. The first-order valence-electron chi connectivity index (χ1n) is 9.35. The van der Waals surface area contributed by atoms with Crippen LogP contribution in [0.5, 0.6) is 0 Å². The number of carbonyl (C=O) groups excluding carboxylic acids is 1. The number of carbonyl (C=O) groups is 1. The molecule has 0 aliphatic carbocycles. The zero-order valence-corrected chi connectivity index (χ0v) is 15.5. The van der Waals surface area contributed by atoms with Gasteiger partial charge in [-0.15, -0.1) is 0 Å². The highest BCUT2D eigenvalue weighted by atomic mass is 16.2. The molecule has 1 fully saturated rings. The van der Waals surface area contributed by atoms with Crippen molar-refractivity contribution in [1.29, 1.82) is 0 Å². The van der Waals surface area contributed by atoms with Crippen LogP contribution in [0.3, 0.4) is 0 Å². The summed E-state index contributed by atoms with van der Waals surface area (Å²) in [6.07, 6.45) is 4.67. The third-order valence-corrected chi connectivity index (χ3v) is 5.34. The second-order valence-electron chi connectivity index (χ2n) is 7.39. The van der Waals surface area contributed by atoms with Crippen LogP contribution >= 0.6 is 0 Å². The number of likely N-dealkylation sites (tertiary alicyclic amines) is 1. The van der Waals surface area contributed by atoms with Crippen LogP contribution in [-0.4, -0.2) is 33.4 Å². The Morgan fingerprint density at radius 1 is 1.19 bits per heavy atom. The first-order chi connectivity index (χ1) is 12.6. The zero-order valence-electron chi connectivity index (χ0n) is 15.5. The largest absolute Gasteiger partial charge is 0.342 e. The molecule has 2 aromatic carbocycles. The van der Waals surface area contributed by atoms with Gasteiger partial charge in [-0.1, -0.05) is 42.5 Å². The number of benzene rings is 2. The number of fused-ring (bicyclic) bond motifs is 1. The SMILES string of the molecule is Cc1cn(C)c([C@H]2CCCN(C(=O)Cc3ccc4ccccc4c3)C2)n1. The summed E-state index contributed by atoms with van der Waals surface area (Å²) < 4.78 is 2.11. The van der Waals surface area contributed by atoms with E-state index in [1.807, 2.05) is 31.0 Å². The molecular formula is C22H25N3O. The molecule has 4 heteroatoms. The molecule has 3 aromatic rings. The van der Waals surface area contributed by atoms with Crippen molar-refractivity contribution in [3.8, 4) is 0 Å². The van der Waals surface area contributed by atoms with Crippen molar-refractivity contribution in [1.82, 2.24) is 14.5 Å².